The van der Waals surface area contributed by atoms with Crippen molar-refractivity contribution in [2.24, 2.45) is 0 Å². The number of aryl methyl sites for hydroxylation is 1. The zero-order valence-electron chi connectivity index (χ0n) is 10.7. The molecule has 1 aromatic carbocycles. The molecule has 2 nitrogen and oxygen atoms in total. The molecule has 17 heavy (non-hydrogen) atoms. The first-order chi connectivity index (χ1) is 8.14. The first kappa shape index (κ1) is 12.2. The van der Waals surface area contributed by atoms with E-state index in [0.29, 0.717) is 0 Å². The Bertz CT molecular complexity index is 403. The zero-order chi connectivity index (χ0) is 12.3. The summed E-state index contributed by atoms with van der Waals surface area (Å²) in [6, 6.07) is 8.25. The molecule has 2 heteroatoms. The molecule has 0 aliphatic heterocycles. The Morgan fingerprint density at radius 3 is 2.41 bits per heavy atom. The lowest BCUT2D eigenvalue weighted by Gasteiger charge is -2.37. The third kappa shape index (κ3) is 2.51. The van der Waals surface area contributed by atoms with E-state index in [4.69, 9.17) is 4.74 Å². The highest BCUT2D eigenvalue weighted by Gasteiger charge is 2.37. The maximum absolute atomic E-state index is 11.4. The molecule has 0 unspecified atom stereocenters. The Hall–Kier alpha value is -1.31. The Balaban J connectivity index is 2.39. The van der Waals surface area contributed by atoms with Crippen LogP contribution in [0.2, 0.25) is 0 Å². The Labute approximate surface area is 103 Å². The molecule has 0 spiro atoms. The van der Waals surface area contributed by atoms with Crippen LogP contribution in [-0.4, -0.2) is 5.97 Å². The van der Waals surface area contributed by atoms with Crippen molar-refractivity contribution in [1.82, 2.24) is 0 Å². The van der Waals surface area contributed by atoms with Crippen LogP contribution in [0.3, 0.4) is 0 Å². The van der Waals surface area contributed by atoms with E-state index in [-0.39, 0.29) is 11.6 Å². The maximum Gasteiger partial charge on any atom is 0.303 e. The summed E-state index contributed by atoms with van der Waals surface area (Å²) in [5, 5.41) is 0. The van der Waals surface area contributed by atoms with E-state index >= 15 is 0 Å². The van der Waals surface area contributed by atoms with E-state index in [1.165, 1.54) is 24.5 Å². The molecule has 1 saturated carbocycles. The fraction of sp³-hybridized carbons (Fsp3) is 0.533. The summed E-state index contributed by atoms with van der Waals surface area (Å²) < 4.78 is 5.71. The standard InChI is InChI=1S/C15H20O2/c1-12-8-4-5-9-14(12)15(17-13(2)16)10-6-3-7-11-15/h4-5,8-9H,3,6-7,10-11H2,1-2H3. The molecule has 92 valence electrons. The second-order valence-corrected chi connectivity index (χ2v) is 4.96. The monoisotopic (exact) mass is 232 g/mol. The van der Waals surface area contributed by atoms with Crippen LogP contribution in [0.1, 0.15) is 50.2 Å². The molecular formula is C15H20O2. The summed E-state index contributed by atoms with van der Waals surface area (Å²) in [7, 11) is 0. The van der Waals surface area contributed by atoms with Crippen LogP contribution >= 0.6 is 0 Å². The number of rotatable bonds is 2. The maximum atomic E-state index is 11.4. The van der Waals surface area contributed by atoms with Crippen LogP contribution in [-0.2, 0) is 15.1 Å². The van der Waals surface area contributed by atoms with Crippen molar-refractivity contribution in [2.45, 2.75) is 51.6 Å². The molecule has 0 atom stereocenters. The summed E-state index contributed by atoms with van der Waals surface area (Å²) in [6.45, 7) is 3.60. The van der Waals surface area contributed by atoms with Crippen molar-refractivity contribution in [3.05, 3.63) is 35.4 Å². The lowest BCUT2D eigenvalue weighted by atomic mass is 9.78. The third-order valence-electron chi connectivity index (χ3n) is 3.64. The fourth-order valence-electron chi connectivity index (χ4n) is 2.91. The van der Waals surface area contributed by atoms with Crippen LogP contribution in [0, 0.1) is 6.92 Å². The highest BCUT2D eigenvalue weighted by Crippen LogP contribution is 2.41. The van der Waals surface area contributed by atoms with Gasteiger partial charge in [0.25, 0.3) is 0 Å². The van der Waals surface area contributed by atoms with Gasteiger partial charge in [-0.2, -0.15) is 0 Å². The van der Waals surface area contributed by atoms with Crippen LogP contribution in [0.25, 0.3) is 0 Å². The van der Waals surface area contributed by atoms with Gasteiger partial charge in [0.05, 0.1) is 0 Å². The van der Waals surface area contributed by atoms with Gasteiger partial charge in [-0.05, 0) is 43.7 Å². The molecule has 0 bridgehead atoms. The number of hydrogen-bond donors (Lipinski definition) is 0. The van der Waals surface area contributed by atoms with E-state index < -0.39 is 0 Å². The number of hydrogen-bond acceptors (Lipinski definition) is 2. The molecule has 1 aromatic rings. The van der Waals surface area contributed by atoms with Gasteiger partial charge in [-0.1, -0.05) is 30.7 Å². The molecule has 1 aliphatic rings. The van der Waals surface area contributed by atoms with Crippen molar-refractivity contribution >= 4 is 5.97 Å². The summed E-state index contributed by atoms with van der Waals surface area (Å²) in [4.78, 5) is 11.4. The van der Waals surface area contributed by atoms with Gasteiger partial charge < -0.3 is 4.74 Å². The van der Waals surface area contributed by atoms with Gasteiger partial charge in [0.15, 0.2) is 0 Å². The molecule has 0 radical (unpaired) electrons. The van der Waals surface area contributed by atoms with Crippen molar-refractivity contribution in [2.75, 3.05) is 0 Å². The SMILES string of the molecule is CC(=O)OC1(c2ccccc2C)CCCCC1. The van der Waals surface area contributed by atoms with Crippen molar-refractivity contribution in [3.63, 3.8) is 0 Å². The van der Waals surface area contributed by atoms with Crippen LogP contribution in [0.15, 0.2) is 24.3 Å². The molecule has 1 aliphatic carbocycles. The van der Waals surface area contributed by atoms with E-state index in [2.05, 4.69) is 19.1 Å². The van der Waals surface area contributed by atoms with Gasteiger partial charge in [-0.25, -0.2) is 0 Å². The van der Waals surface area contributed by atoms with E-state index in [0.717, 1.165) is 25.7 Å². The minimum atomic E-state index is -0.366. The van der Waals surface area contributed by atoms with Crippen LogP contribution in [0.5, 0.6) is 0 Å². The Kier molecular flexibility index (Phi) is 3.51. The van der Waals surface area contributed by atoms with Crippen molar-refractivity contribution in [3.8, 4) is 0 Å². The zero-order valence-corrected chi connectivity index (χ0v) is 10.7. The van der Waals surface area contributed by atoms with Gasteiger partial charge >= 0.3 is 5.97 Å². The quantitative estimate of drug-likeness (QED) is 0.726. The molecule has 0 heterocycles. The van der Waals surface area contributed by atoms with Crippen LogP contribution in [0.4, 0.5) is 0 Å². The van der Waals surface area contributed by atoms with E-state index in [1.54, 1.807) is 0 Å². The first-order valence-electron chi connectivity index (χ1n) is 6.40. The van der Waals surface area contributed by atoms with Crippen LogP contribution < -0.4 is 0 Å². The molecule has 1 fully saturated rings. The average molecular weight is 232 g/mol. The number of benzene rings is 1. The minimum Gasteiger partial charge on any atom is -0.454 e. The summed E-state index contributed by atoms with van der Waals surface area (Å²) in [6.07, 6.45) is 5.44. The van der Waals surface area contributed by atoms with Gasteiger partial charge in [-0.3, -0.25) is 4.79 Å². The van der Waals surface area contributed by atoms with Gasteiger partial charge in [-0.15, -0.1) is 0 Å². The van der Waals surface area contributed by atoms with Crippen molar-refractivity contribution in [1.29, 1.82) is 0 Å². The highest BCUT2D eigenvalue weighted by molar-refractivity contribution is 5.67. The fourth-order valence-corrected chi connectivity index (χ4v) is 2.91. The largest absolute Gasteiger partial charge is 0.454 e. The third-order valence-corrected chi connectivity index (χ3v) is 3.64. The van der Waals surface area contributed by atoms with Gasteiger partial charge in [0.1, 0.15) is 5.60 Å². The Morgan fingerprint density at radius 1 is 1.18 bits per heavy atom. The van der Waals surface area contributed by atoms with E-state index in [9.17, 15) is 4.79 Å². The molecule has 0 N–H and O–H groups in total. The predicted octanol–water partition coefficient (Wildman–Crippen LogP) is 3.72. The van der Waals surface area contributed by atoms with E-state index in [1.807, 2.05) is 12.1 Å². The smallest absolute Gasteiger partial charge is 0.303 e. The van der Waals surface area contributed by atoms with Gasteiger partial charge in [0.2, 0.25) is 0 Å². The lowest BCUT2D eigenvalue weighted by molar-refractivity contribution is -0.162. The molecule has 2 rings (SSSR count). The van der Waals surface area contributed by atoms with Crippen molar-refractivity contribution < 1.29 is 9.53 Å². The molecule has 0 aromatic heterocycles. The predicted molar refractivity (Wildman–Crippen MR) is 67.7 cm³/mol. The topological polar surface area (TPSA) is 26.3 Å². The minimum absolute atomic E-state index is 0.171. The normalized spacial score (nSPS) is 18.7. The number of esters is 1. The second-order valence-electron chi connectivity index (χ2n) is 4.96. The summed E-state index contributed by atoms with van der Waals surface area (Å²) >= 11 is 0. The lowest BCUT2D eigenvalue weighted by Crippen LogP contribution is -2.34. The highest BCUT2D eigenvalue weighted by atomic mass is 16.6. The number of ether oxygens (including phenoxy) is 1. The summed E-state index contributed by atoms with van der Waals surface area (Å²) in [5.41, 5.74) is 2.04. The molecular weight excluding hydrogens is 212 g/mol. The summed E-state index contributed by atoms with van der Waals surface area (Å²) in [5.74, 6) is -0.171. The number of carbonyl (C=O) groups excluding carboxylic acids is 1. The van der Waals surface area contributed by atoms with Gasteiger partial charge in [0, 0.05) is 6.92 Å². The number of carbonyl (C=O) groups is 1. The Morgan fingerprint density at radius 2 is 1.82 bits per heavy atom. The average Bonchev–Trinajstić information content (AvgIpc) is 2.29. The second kappa shape index (κ2) is 4.91. The first-order valence-corrected chi connectivity index (χ1v) is 6.40. The molecule has 0 amide bonds. The molecule has 0 saturated heterocycles.